The van der Waals surface area contributed by atoms with Gasteiger partial charge in [0.25, 0.3) is 0 Å². The molecule has 1 fully saturated rings. The lowest BCUT2D eigenvalue weighted by molar-refractivity contribution is 0.286. The normalized spacial score (nSPS) is 18.5. The summed E-state index contributed by atoms with van der Waals surface area (Å²) < 4.78 is 34.5. The average molecular weight is 469 g/mol. The molecule has 0 atom stereocenters. The van der Waals surface area contributed by atoms with Gasteiger partial charge in [-0.05, 0) is 92.4 Å². The zero-order valence-electron chi connectivity index (χ0n) is 21.1. The molecule has 3 rings (SSSR count). The van der Waals surface area contributed by atoms with Crippen LogP contribution in [0.2, 0.25) is 0 Å². The molecule has 0 aliphatic heterocycles. The predicted octanol–water partition coefficient (Wildman–Crippen LogP) is 9.34. The number of allylic oxidation sites excluding steroid dienone is 2. The van der Waals surface area contributed by atoms with E-state index in [-0.39, 0.29) is 11.7 Å². The highest BCUT2D eigenvalue weighted by Gasteiger charge is 2.25. The zero-order chi connectivity index (χ0) is 24.2. The van der Waals surface area contributed by atoms with E-state index in [0.717, 1.165) is 51.4 Å². The number of hydrogen-bond acceptors (Lipinski definition) is 1. The monoisotopic (exact) mass is 468 g/mol. The largest absolute Gasteiger partial charge is 0.490 e. The third kappa shape index (κ3) is 7.96. The lowest BCUT2D eigenvalue weighted by Gasteiger charge is -2.27. The van der Waals surface area contributed by atoms with Gasteiger partial charge in [-0.1, -0.05) is 75.6 Å². The van der Waals surface area contributed by atoms with E-state index in [1.807, 2.05) is 6.92 Å². The van der Waals surface area contributed by atoms with E-state index in [4.69, 9.17) is 4.74 Å². The molecule has 2 aromatic rings. The lowest BCUT2D eigenvalue weighted by Crippen LogP contribution is -2.14. The summed E-state index contributed by atoms with van der Waals surface area (Å²) in [6, 6.07) is 12.4. The molecule has 2 aromatic carbocycles. The first-order chi connectivity index (χ1) is 16.6. The van der Waals surface area contributed by atoms with Gasteiger partial charge in [-0.2, -0.15) is 4.39 Å². The number of benzene rings is 2. The third-order valence-corrected chi connectivity index (χ3v) is 7.14. The highest BCUT2D eigenvalue weighted by Crippen LogP contribution is 2.39. The Kier molecular flexibility index (Phi) is 11.1. The lowest BCUT2D eigenvalue weighted by atomic mass is 9.78. The molecule has 186 valence electrons. The van der Waals surface area contributed by atoms with Gasteiger partial charge in [-0.15, -0.1) is 0 Å². The van der Waals surface area contributed by atoms with Crippen LogP contribution in [0.5, 0.6) is 5.75 Å². The van der Waals surface area contributed by atoms with E-state index in [1.54, 1.807) is 12.1 Å². The molecule has 0 spiro atoms. The number of rotatable bonds is 13. The maximum atomic E-state index is 14.7. The Morgan fingerprint density at radius 3 is 2.15 bits per heavy atom. The van der Waals surface area contributed by atoms with Crippen LogP contribution in [0.4, 0.5) is 8.78 Å². The molecule has 0 N–H and O–H groups in total. The molecule has 0 unspecified atom stereocenters. The maximum absolute atomic E-state index is 14.7. The third-order valence-electron chi connectivity index (χ3n) is 7.14. The zero-order valence-corrected chi connectivity index (χ0v) is 21.1. The fourth-order valence-electron chi connectivity index (χ4n) is 4.91. The smallest absolute Gasteiger partial charge is 0.200 e. The van der Waals surface area contributed by atoms with E-state index >= 15 is 0 Å². The quantitative estimate of drug-likeness (QED) is 0.210. The summed E-state index contributed by atoms with van der Waals surface area (Å²) in [5, 5.41) is 0. The average Bonchev–Trinajstić information content (AvgIpc) is 2.86. The first-order valence-electron chi connectivity index (χ1n) is 13.5. The molecule has 34 heavy (non-hydrogen) atoms. The van der Waals surface area contributed by atoms with Gasteiger partial charge in [0.15, 0.2) is 11.6 Å². The topological polar surface area (TPSA) is 9.23 Å². The van der Waals surface area contributed by atoms with E-state index in [2.05, 4.69) is 43.3 Å². The Hall–Kier alpha value is -2.16. The van der Waals surface area contributed by atoms with Crippen molar-refractivity contribution >= 4 is 0 Å². The summed E-state index contributed by atoms with van der Waals surface area (Å²) >= 11 is 0. The Morgan fingerprint density at radius 1 is 0.794 bits per heavy atom. The van der Waals surface area contributed by atoms with Crippen LogP contribution in [0, 0.1) is 17.6 Å². The van der Waals surface area contributed by atoms with Crippen LogP contribution >= 0.6 is 0 Å². The molecule has 1 aliphatic carbocycles. The fourth-order valence-corrected chi connectivity index (χ4v) is 4.91. The van der Waals surface area contributed by atoms with Crippen molar-refractivity contribution in [2.75, 3.05) is 6.61 Å². The van der Waals surface area contributed by atoms with Gasteiger partial charge in [0.2, 0.25) is 5.82 Å². The molecule has 1 saturated carbocycles. The van der Waals surface area contributed by atoms with Crippen molar-refractivity contribution in [3.63, 3.8) is 0 Å². The Labute approximate surface area is 205 Å². The minimum Gasteiger partial charge on any atom is -0.490 e. The highest BCUT2D eigenvalue weighted by molar-refractivity contribution is 5.33. The second-order valence-electron chi connectivity index (χ2n) is 9.84. The Balaban J connectivity index is 1.41. The summed E-state index contributed by atoms with van der Waals surface area (Å²) in [4.78, 5) is 0. The number of aryl methyl sites for hydroxylation is 2. The number of hydrogen-bond donors (Lipinski definition) is 0. The molecule has 1 nitrogen and oxygen atoms in total. The minimum absolute atomic E-state index is 0.0393. The molecule has 0 amide bonds. The van der Waals surface area contributed by atoms with Gasteiger partial charge in [0.1, 0.15) is 0 Å². The minimum atomic E-state index is -0.829. The number of halogens is 2. The second-order valence-corrected chi connectivity index (χ2v) is 9.84. The highest BCUT2D eigenvalue weighted by atomic mass is 19.2. The van der Waals surface area contributed by atoms with Crippen molar-refractivity contribution in [1.29, 1.82) is 0 Å². The molecule has 0 saturated heterocycles. The summed E-state index contributed by atoms with van der Waals surface area (Å²) in [6.07, 6.45) is 17.5. The molecule has 1 aliphatic rings. The fraction of sp³-hybridized carbons (Fsp3) is 0.548. The molecule has 0 heterocycles. The first kappa shape index (κ1) is 26.4. The van der Waals surface area contributed by atoms with Crippen molar-refractivity contribution < 1.29 is 13.5 Å². The van der Waals surface area contributed by atoms with E-state index < -0.39 is 11.6 Å². The molecule has 0 radical (unpaired) electrons. The van der Waals surface area contributed by atoms with Crippen molar-refractivity contribution in [3.05, 3.63) is 76.9 Å². The first-order valence-corrected chi connectivity index (χ1v) is 13.5. The van der Waals surface area contributed by atoms with Gasteiger partial charge in [-0.3, -0.25) is 0 Å². The van der Waals surface area contributed by atoms with Crippen molar-refractivity contribution in [2.24, 2.45) is 5.92 Å². The van der Waals surface area contributed by atoms with E-state index in [1.165, 1.54) is 36.8 Å². The molecule has 3 heteroatoms. The van der Waals surface area contributed by atoms with Crippen molar-refractivity contribution in [3.8, 4) is 5.75 Å². The van der Waals surface area contributed by atoms with Crippen LogP contribution in [-0.2, 0) is 12.8 Å². The van der Waals surface area contributed by atoms with Gasteiger partial charge in [0.05, 0.1) is 6.61 Å². The van der Waals surface area contributed by atoms with Gasteiger partial charge in [0, 0.05) is 0 Å². The van der Waals surface area contributed by atoms with E-state index in [9.17, 15) is 8.78 Å². The van der Waals surface area contributed by atoms with Crippen LogP contribution in [0.25, 0.3) is 0 Å². The standard InChI is InChI=1S/C31H42F2O/c1-3-5-7-10-24-13-15-25(16-14-24)11-8-9-12-26-17-19-27(20-18-26)28-21-22-29(31(33)30(28)32)34-23-6-4-2/h9,12-16,21-22,26-27H,3-8,10-11,17-20,23H2,1-2H3/b12-9+. The van der Waals surface area contributed by atoms with Crippen molar-refractivity contribution in [1.82, 2.24) is 0 Å². The maximum Gasteiger partial charge on any atom is 0.200 e. The van der Waals surface area contributed by atoms with Crippen LogP contribution in [0.1, 0.15) is 101 Å². The summed E-state index contributed by atoms with van der Waals surface area (Å²) in [6.45, 7) is 4.71. The summed E-state index contributed by atoms with van der Waals surface area (Å²) in [5.74, 6) is -0.868. The van der Waals surface area contributed by atoms with Gasteiger partial charge < -0.3 is 4.74 Å². The molecular formula is C31H42F2O. The van der Waals surface area contributed by atoms with Gasteiger partial charge >= 0.3 is 0 Å². The SMILES string of the molecule is CCCCCc1ccc(CC/C=C/C2CCC(c3ccc(OCCCC)c(F)c3F)CC2)cc1. The molecular weight excluding hydrogens is 426 g/mol. The molecule has 0 aromatic heterocycles. The second kappa shape index (κ2) is 14.3. The van der Waals surface area contributed by atoms with Crippen molar-refractivity contribution in [2.45, 2.75) is 96.8 Å². The summed E-state index contributed by atoms with van der Waals surface area (Å²) in [7, 11) is 0. The number of ether oxygens (including phenoxy) is 1. The summed E-state index contributed by atoms with van der Waals surface area (Å²) in [5.41, 5.74) is 3.35. The number of unbranched alkanes of at least 4 members (excludes halogenated alkanes) is 3. The van der Waals surface area contributed by atoms with Crippen LogP contribution in [0.3, 0.4) is 0 Å². The van der Waals surface area contributed by atoms with Gasteiger partial charge in [-0.25, -0.2) is 4.39 Å². The molecule has 0 bridgehead atoms. The van der Waals surface area contributed by atoms with Crippen LogP contribution < -0.4 is 4.74 Å². The Morgan fingerprint density at radius 2 is 1.47 bits per heavy atom. The predicted molar refractivity (Wildman–Crippen MR) is 139 cm³/mol. The Bertz CT molecular complexity index is 879. The van der Waals surface area contributed by atoms with E-state index in [0.29, 0.717) is 18.1 Å². The van der Waals surface area contributed by atoms with Crippen LogP contribution in [-0.4, -0.2) is 6.61 Å². The van der Waals surface area contributed by atoms with Crippen LogP contribution in [0.15, 0.2) is 48.6 Å².